The van der Waals surface area contributed by atoms with Gasteiger partial charge < -0.3 is 0 Å². The molecule has 112 valence electrons. The third kappa shape index (κ3) is 1.98. The van der Waals surface area contributed by atoms with E-state index in [4.69, 9.17) is 0 Å². The number of nitrogens with one attached hydrogen (secondary N) is 2. The van der Waals surface area contributed by atoms with Gasteiger partial charge in [-0.2, -0.15) is 0 Å². The average Bonchev–Trinajstić information content (AvgIpc) is 2.96. The highest BCUT2D eigenvalue weighted by Gasteiger charge is 2.15. The molecular formula is C16H10N4O3. The van der Waals surface area contributed by atoms with Crippen LogP contribution in [0.3, 0.4) is 0 Å². The van der Waals surface area contributed by atoms with Gasteiger partial charge in [0.25, 0.3) is 11.2 Å². The molecule has 0 bridgehead atoms. The van der Waals surface area contributed by atoms with Gasteiger partial charge in [-0.25, -0.2) is 4.98 Å². The Labute approximate surface area is 128 Å². The van der Waals surface area contributed by atoms with Crippen molar-refractivity contribution in [2.75, 3.05) is 0 Å². The summed E-state index contributed by atoms with van der Waals surface area (Å²) in [5.74, 6) is 0. The Kier molecular flexibility index (Phi) is 2.74. The number of aromatic nitrogens is 3. The normalized spacial score (nSPS) is 11.1. The highest BCUT2D eigenvalue weighted by Crippen LogP contribution is 2.30. The minimum Gasteiger partial charge on any atom is -0.295 e. The van der Waals surface area contributed by atoms with E-state index < -0.39 is 4.92 Å². The lowest BCUT2D eigenvalue weighted by Crippen LogP contribution is -1.99. The lowest BCUT2D eigenvalue weighted by Gasteiger charge is -2.05. The Morgan fingerprint density at radius 2 is 1.74 bits per heavy atom. The van der Waals surface area contributed by atoms with Gasteiger partial charge in [-0.1, -0.05) is 18.2 Å². The number of nitro groups is 1. The molecular weight excluding hydrogens is 296 g/mol. The number of pyridine rings is 1. The number of H-pyrrole nitrogens is 2. The van der Waals surface area contributed by atoms with Gasteiger partial charge >= 0.3 is 0 Å². The first-order valence-electron chi connectivity index (χ1n) is 6.89. The fourth-order valence-electron chi connectivity index (χ4n) is 2.70. The molecule has 2 heterocycles. The molecule has 0 fully saturated rings. The van der Waals surface area contributed by atoms with Crippen molar-refractivity contribution < 1.29 is 4.92 Å². The molecule has 0 unspecified atom stereocenters. The van der Waals surface area contributed by atoms with Crippen molar-refractivity contribution in [3.05, 3.63) is 69.0 Å². The summed E-state index contributed by atoms with van der Waals surface area (Å²) in [7, 11) is 0. The summed E-state index contributed by atoms with van der Waals surface area (Å²) in [6, 6.07) is 13.5. The lowest BCUT2D eigenvalue weighted by molar-refractivity contribution is -0.384. The van der Waals surface area contributed by atoms with Crippen LogP contribution in [-0.2, 0) is 0 Å². The van der Waals surface area contributed by atoms with Crippen molar-refractivity contribution >= 4 is 27.5 Å². The number of non-ortho nitro benzene ring substituents is 1. The summed E-state index contributed by atoms with van der Waals surface area (Å²) in [4.78, 5) is 27.0. The maximum atomic E-state index is 12.1. The van der Waals surface area contributed by atoms with Gasteiger partial charge in [0.15, 0.2) is 0 Å². The van der Waals surface area contributed by atoms with Crippen LogP contribution >= 0.6 is 0 Å². The molecule has 0 amide bonds. The summed E-state index contributed by atoms with van der Waals surface area (Å²) in [5, 5.41) is 17.5. The number of para-hydroxylation sites is 1. The van der Waals surface area contributed by atoms with Crippen LogP contribution in [0.1, 0.15) is 0 Å². The number of hydrogen-bond acceptors (Lipinski definition) is 4. The van der Waals surface area contributed by atoms with Gasteiger partial charge in [-0.05, 0) is 18.2 Å². The second-order valence-corrected chi connectivity index (χ2v) is 5.11. The van der Waals surface area contributed by atoms with Crippen LogP contribution in [0.4, 0.5) is 5.69 Å². The van der Waals surface area contributed by atoms with Crippen molar-refractivity contribution in [3.8, 4) is 11.3 Å². The first-order valence-corrected chi connectivity index (χ1v) is 6.89. The second kappa shape index (κ2) is 4.77. The highest BCUT2D eigenvalue weighted by molar-refractivity contribution is 6.08. The number of aromatic amines is 2. The molecule has 0 saturated heterocycles. The largest absolute Gasteiger partial charge is 0.295 e. The van der Waals surface area contributed by atoms with E-state index in [9.17, 15) is 14.9 Å². The fourth-order valence-corrected chi connectivity index (χ4v) is 2.70. The van der Waals surface area contributed by atoms with Gasteiger partial charge in [-0.15, -0.1) is 0 Å². The molecule has 0 spiro atoms. The molecule has 2 aromatic carbocycles. The van der Waals surface area contributed by atoms with E-state index in [0.29, 0.717) is 27.7 Å². The number of benzene rings is 2. The molecule has 0 atom stereocenters. The molecule has 2 aromatic heterocycles. The lowest BCUT2D eigenvalue weighted by atomic mass is 10.1. The van der Waals surface area contributed by atoms with Crippen molar-refractivity contribution in [2.45, 2.75) is 0 Å². The summed E-state index contributed by atoms with van der Waals surface area (Å²) >= 11 is 0. The molecule has 4 rings (SSSR count). The van der Waals surface area contributed by atoms with Crippen LogP contribution in [0.15, 0.2) is 53.3 Å². The highest BCUT2D eigenvalue weighted by atomic mass is 16.6. The van der Waals surface area contributed by atoms with Gasteiger partial charge in [0.05, 0.1) is 27.0 Å². The van der Waals surface area contributed by atoms with Crippen LogP contribution in [0, 0.1) is 10.1 Å². The number of rotatable bonds is 2. The van der Waals surface area contributed by atoms with Crippen LogP contribution in [0.25, 0.3) is 33.1 Å². The molecule has 23 heavy (non-hydrogen) atoms. The molecule has 0 aliphatic heterocycles. The number of fused-ring (bicyclic) bond motifs is 3. The molecule has 7 nitrogen and oxygen atoms in total. The van der Waals surface area contributed by atoms with E-state index in [0.717, 1.165) is 5.39 Å². The zero-order valence-electron chi connectivity index (χ0n) is 11.7. The average molecular weight is 306 g/mol. The van der Waals surface area contributed by atoms with E-state index in [1.165, 1.54) is 12.1 Å². The minimum atomic E-state index is -0.453. The summed E-state index contributed by atoms with van der Waals surface area (Å²) in [6.07, 6.45) is 0. The first-order chi connectivity index (χ1) is 11.1. The van der Waals surface area contributed by atoms with Crippen molar-refractivity contribution in [2.24, 2.45) is 0 Å². The third-order valence-electron chi connectivity index (χ3n) is 3.77. The summed E-state index contributed by atoms with van der Waals surface area (Å²) < 4.78 is 0. The van der Waals surface area contributed by atoms with Crippen LogP contribution < -0.4 is 5.56 Å². The van der Waals surface area contributed by atoms with Crippen molar-refractivity contribution in [1.29, 1.82) is 0 Å². The van der Waals surface area contributed by atoms with Gasteiger partial charge in [-0.3, -0.25) is 25.1 Å². The Bertz CT molecular complexity index is 1110. The molecule has 0 aliphatic carbocycles. The molecule has 0 aliphatic rings. The number of hydrogen-bond donors (Lipinski definition) is 2. The van der Waals surface area contributed by atoms with E-state index in [1.54, 1.807) is 12.1 Å². The number of nitrogens with zero attached hydrogens (tertiary/aromatic N) is 2. The molecule has 2 N–H and O–H groups in total. The van der Waals surface area contributed by atoms with E-state index in [1.807, 2.05) is 24.3 Å². The number of nitro benzene ring substituents is 1. The molecule has 0 saturated carbocycles. The van der Waals surface area contributed by atoms with Crippen LogP contribution in [0.2, 0.25) is 0 Å². The Hall–Kier alpha value is -3.48. The van der Waals surface area contributed by atoms with Gasteiger partial charge in [0, 0.05) is 23.1 Å². The van der Waals surface area contributed by atoms with E-state index in [-0.39, 0.29) is 11.2 Å². The van der Waals surface area contributed by atoms with Gasteiger partial charge in [0.1, 0.15) is 0 Å². The van der Waals surface area contributed by atoms with Gasteiger partial charge in [0.2, 0.25) is 0 Å². The summed E-state index contributed by atoms with van der Waals surface area (Å²) in [6.45, 7) is 0. The SMILES string of the molecule is O=c1[nH][nH]c2c(-c3ccc([N+](=O)[O-])cc3)nc3ccccc3c12. The van der Waals surface area contributed by atoms with Crippen LogP contribution in [0.5, 0.6) is 0 Å². The Balaban J connectivity index is 2.05. The van der Waals surface area contributed by atoms with Crippen molar-refractivity contribution in [1.82, 2.24) is 15.2 Å². The maximum absolute atomic E-state index is 12.1. The van der Waals surface area contributed by atoms with E-state index >= 15 is 0 Å². The molecule has 0 radical (unpaired) electrons. The van der Waals surface area contributed by atoms with Crippen LogP contribution in [-0.4, -0.2) is 20.1 Å². The fraction of sp³-hybridized carbons (Fsp3) is 0. The Morgan fingerprint density at radius 3 is 2.48 bits per heavy atom. The zero-order chi connectivity index (χ0) is 16.0. The Morgan fingerprint density at radius 1 is 1.00 bits per heavy atom. The van der Waals surface area contributed by atoms with E-state index in [2.05, 4.69) is 15.2 Å². The van der Waals surface area contributed by atoms with Crippen molar-refractivity contribution in [3.63, 3.8) is 0 Å². The molecule has 7 heteroatoms. The zero-order valence-corrected chi connectivity index (χ0v) is 11.7. The predicted octanol–water partition coefficient (Wildman–Crippen LogP) is 2.98. The predicted molar refractivity (Wildman–Crippen MR) is 86.3 cm³/mol. The minimum absolute atomic E-state index is 0.00773. The smallest absolute Gasteiger partial charge is 0.272 e. The quantitative estimate of drug-likeness (QED) is 0.438. The first kappa shape index (κ1) is 13.2. The topological polar surface area (TPSA) is 105 Å². The standard InChI is InChI=1S/C16H10N4O3/c21-16-13-11-3-1-2-4-12(11)17-14(15(13)18-19-16)9-5-7-10(8-6-9)20(22)23/h1-8H,(H2,18,19,21). The third-order valence-corrected chi connectivity index (χ3v) is 3.77. The monoisotopic (exact) mass is 306 g/mol. The maximum Gasteiger partial charge on any atom is 0.272 e. The summed E-state index contributed by atoms with van der Waals surface area (Å²) in [5.41, 5.74) is 2.34. The molecule has 4 aromatic rings. The second-order valence-electron chi connectivity index (χ2n) is 5.11.